The van der Waals surface area contributed by atoms with Gasteiger partial charge in [0.1, 0.15) is 10.6 Å². The van der Waals surface area contributed by atoms with E-state index in [1.807, 2.05) is 0 Å². The Balaban J connectivity index is 2.37. The first-order valence-corrected chi connectivity index (χ1v) is 6.64. The third-order valence-electron chi connectivity index (χ3n) is 2.31. The number of anilines is 2. The number of benzene rings is 2. The Morgan fingerprint density at radius 3 is 2.44 bits per heavy atom. The summed E-state index contributed by atoms with van der Waals surface area (Å²) in [6.07, 6.45) is 0. The molecule has 0 atom stereocenters. The van der Waals surface area contributed by atoms with Crippen molar-refractivity contribution in [1.29, 1.82) is 0 Å². The molecule has 0 heterocycles. The number of nitrogen functional groups attached to an aromatic ring is 1. The van der Waals surface area contributed by atoms with Crippen molar-refractivity contribution in [2.75, 3.05) is 10.5 Å². The number of aromatic hydroxyl groups is 1. The summed E-state index contributed by atoms with van der Waals surface area (Å²) >= 11 is 0. The molecule has 0 aliphatic carbocycles. The van der Waals surface area contributed by atoms with Gasteiger partial charge in [-0.15, -0.1) is 0 Å². The highest BCUT2D eigenvalue weighted by molar-refractivity contribution is 7.92. The van der Waals surface area contributed by atoms with Crippen molar-refractivity contribution >= 4 is 21.4 Å². The number of sulfonamides is 1. The van der Waals surface area contributed by atoms with E-state index in [1.54, 1.807) is 18.2 Å². The van der Waals surface area contributed by atoms with Gasteiger partial charge in [0.25, 0.3) is 10.0 Å². The quantitative estimate of drug-likeness (QED) is 0.737. The van der Waals surface area contributed by atoms with Crippen molar-refractivity contribution in [3.63, 3.8) is 0 Å². The Hall–Kier alpha value is -2.21. The Labute approximate surface area is 105 Å². The predicted octanol–water partition coefficient (Wildman–Crippen LogP) is 1.78. The molecule has 6 heteroatoms. The molecule has 0 saturated carbocycles. The van der Waals surface area contributed by atoms with Gasteiger partial charge in [0.2, 0.25) is 0 Å². The molecule has 2 aromatic carbocycles. The highest BCUT2D eigenvalue weighted by Gasteiger charge is 2.16. The minimum Gasteiger partial charge on any atom is -0.508 e. The molecule has 0 spiro atoms. The lowest BCUT2D eigenvalue weighted by Gasteiger charge is -2.09. The average Bonchev–Trinajstić information content (AvgIpc) is 2.28. The molecule has 0 radical (unpaired) electrons. The summed E-state index contributed by atoms with van der Waals surface area (Å²) in [5.74, 6) is -0.0174. The van der Waals surface area contributed by atoms with Crippen LogP contribution >= 0.6 is 0 Å². The van der Waals surface area contributed by atoms with Gasteiger partial charge in [-0.05, 0) is 24.3 Å². The molecule has 0 aliphatic rings. The van der Waals surface area contributed by atoms with Gasteiger partial charge in [-0.2, -0.15) is 0 Å². The largest absolute Gasteiger partial charge is 0.508 e. The van der Waals surface area contributed by atoms with Crippen molar-refractivity contribution in [2.45, 2.75) is 4.90 Å². The number of para-hydroxylation sites is 1. The number of nitrogens with two attached hydrogens (primary N) is 1. The van der Waals surface area contributed by atoms with E-state index in [0.29, 0.717) is 0 Å². The minimum atomic E-state index is -3.75. The topological polar surface area (TPSA) is 92.4 Å². The molecule has 0 unspecified atom stereocenters. The molecule has 2 rings (SSSR count). The van der Waals surface area contributed by atoms with E-state index in [4.69, 9.17) is 5.73 Å². The average molecular weight is 264 g/mol. The van der Waals surface area contributed by atoms with E-state index in [0.717, 1.165) is 0 Å². The van der Waals surface area contributed by atoms with Gasteiger partial charge in [0, 0.05) is 6.07 Å². The van der Waals surface area contributed by atoms with Gasteiger partial charge in [-0.25, -0.2) is 8.42 Å². The molecule has 0 bridgehead atoms. The zero-order valence-corrected chi connectivity index (χ0v) is 10.2. The summed E-state index contributed by atoms with van der Waals surface area (Å²) in [7, 11) is -3.75. The van der Waals surface area contributed by atoms with Crippen molar-refractivity contribution < 1.29 is 13.5 Å². The van der Waals surface area contributed by atoms with Crippen LogP contribution in [0.25, 0.3) is 0 Å². The number of phenols is 1. The van der Waals surface area contributed by atoms with E-state index < -0.39 is 10.0 Å². The second-order valence-electron chi connectivity index (χ2n) is 3.69. The standard InChI is InChI=1S/C12H12N2O3S/c13-11-6-1-2-7-12(11)18(16,17)14-9-4-3-5-10(15)8-9/h1-8,14-15H,13H2. The second-order valence-corrected chi connectivity index (χ2v) is 5.34. The van der Waals surface area contributed by atoms with Gasteiger partial charge in [-0.1, -0.05) is 18.2 Å². The second kappa shape index (κ2) is 4.58. The first kappa shape index (κ1) is 12.3. The Morgan fingerprint density at radius 1 is 1.06 bits per heavy atom. The van der Waals surface area contributed by atoms with Gasteiger partial charge in [0.15, 0.2) is 0 Å². The highest BCUT2D eigenvalue weighted by Crippen LogP contribution is 2.22. The van der Waals surface area contributed by atoms with Crippen LogP contribution in [-0.2, 0) is 10.0 Å². The molecule has 0 fully saturated rings. The van der Waals surface area contributed by atoms with Crippen LogP contribution in [0.15, 0.2) is 53.4 Å². The lowest BCUT2D eigenvalue weighted by atomic mass is 10.3. The van der Waals surface area contributed by atoms with Gasteiger partial charge >= 0.3 is 0 Å². The third-order valence-corrected chi connectivity index (χ3v) is 3.76. The summed E-state index contributed by atoms with van der Waals surface area (Å²) in [5, 5.41) is 9.28. The lowest BCUT2D eigenvalue weighted by molar-refractivity contribution is 0.475. The fourth-order valence-corrected chi connectivity index (χ4v) is 2.69. The zero-order valence-electron chi connectivity index (χ0n) is 9.37. The lowest BCUT2D eigenvalue weighted by Crippen LogP contribution is -2.14. The smallest absolute Gasteiger partial charge is 0.263 e. The molecule has 94 valence electrons. The predicted molar refractivity (Wildman–Crippen MR) is 69.8 cm³/mol. The Morgan fingerprint density at radius 2 is 1.78 bits per heavy atom. The molecule has 2 aromatic rings. The Kier molecular flexibility index (Phi) is 3.12. The van der Waals surface area contributed by atoms with Crippen molar-refractivity contribution in [3.8, 4) is 5.75 Å². The van der Waals surface area contributed by atoms with Gasteiger partial charge in [-0.3, -0.25) is 4.72 Å². The molecular formula is C12H12N2O3S. The molecule has 18 heavy (non-hydrogen) atoms. The normalized spacial score (nSPS) is 11.1. The molecule has 0 saturated heterocycles. The fraction of sp³-hybridized carbons (Fsp3) is 0. The summed E-state index contributed by atoms with van der Waals surface area (Å²) in [6.45, 7) is 0. The summed E-state index contributed by atoms with van der Waals surface area (Å²) < 4.78 is 26.5. The monoisotopic (exact) mass is 264 g/mol. The number of rotatable bonds is 3. The third kappa shape index (κ3) is 2.54. The maximum atomic E-state index is 12.1. The minimum absolute atomic E-state index is 0.00772. The van der Waals surface area contributed by atoms with Crippen molar-refractivity contribution in [3.05, 3.63) is 48.5 Å². The first-order valence-electron chi connectivity index (χ1n) is 5.15. The van der Waals surface area contributed by atoms with Gasteiger partial charge < -0.3 is 10.8 Å². The van der Waals surface area contributed by atoms with Crippen LogP contribution in [0.4, 0.5) is 11.4 Å². The van der Waals surface area contributed by atoms with E-state index >= 15 is 0 Å². The zero-order chi connectivity index (χ0) is 13.2. The van der Waals surface area contributed by atoms with Crippen LogP contribution in [0.2, 0.25) is 0 Å². The summed E-state index contributed by atoms with van der Waals surface area (Å²) in [6, 6.07) is 12.0. The van der Waals surface area contributed by atoms with Gasteiger partial charge in [0.05, 0.1) is 11.4 Å². The number of hydrogen-bond donors (Lipinski definition) is 3. The van der Waals surface area contributed by atoms with Crippen LogP contribution < -0.4 is 10.5 Å². The van der Waals surface area contributed by atoms with Crippen LogP contribution in [-0.4, -0.2) is 13.5 Å². The first-order chi connectivity index (χ1) is 8.49. The molecule has 0 aliphatic heterocycles. The number of phenolic OH excluding ortho intramolecular Hbond substituents is 1. The maximum Gasteiger partial charge on any atom is 0.263 e. The van der Waals surface area contributed by atoms with E-state index in [9.17, 15) is 13.5 Å². The summed E-state index contributed by atoms with van der Waals surface area (Å²) in [5.41, 5.74) is 6.07. The Bertz CT molecular complexity index is 669. The van der Waals surface area contributed by atoms with Crippen LogP contribution in [0.5, 0.6) is 5.75 Å². The van der Waals surface area contributed by atoms with Crippen LogP contribution in [0, 0.1) is 0 Å². The fourth-order valence-electron chi connectivity index (χ4n) is 1.50. The van der Waals surface area contributed by atoms with Crippen LogP contribution in [0.1, 0.15) is 0 Å². The molecule has 0 amide bonds. The molecular weight excluding hydrogens is 252 g/mol. The molecule has 4 N–H and O–H groups in total. The van der Waals surface area contributed by atoms with E-state index in [1.165, 1.54) is 30.3 Å². The van der Waals surface area contributed by atoms with Crippen molar-refractivity contribution in [1.82, 2.24) is 0 Å². The number of nitrogens with one attached hydrogen (secondary N) is 1. The summed E-state index contributed by atoms with van der Waals surface area (Å²) in [4.78, 5) is 0.00772. The SMILES string of the molecule is Nc1ccccc1S(=O)(=O)Nc1cccc(O)c1. The highest BCUT2D eigenvalue weighted by atomic mass is 32.2. The maximum absolute atomic E-state index is 12.1. The van der Waals surface area contributed by atoms with Crippen molar-refractivity contribution in [2.24, 2.45) is 0 Å². The van der Waals surface area contributed by atoms with Crippen LogP contribution in [0.3, 0.4) is 0 Å². The number of hydrogen-bond acceptors (Lipinski definition) is 4. The molecule has 0 aromatic heterocycles. The van der Waals surface area contributed by atoms with E-state index in [2.05, 4.69) is 4.72 Å². The molecule has 5 nitrogen and oxygen atoms in total. The van der Waals surface area contributed by atoms with E-state index in [-0.39, 0.29) is 22.0 Å².